The van der Waals surface area contributed by atoms with E-state index in [1.165, 1.54) is 0 Å². The molecule has 0 radical (unpaired) electrons. The van der Waals surface area contributed by atoms with E-state index in [0.717, 1.165) is 11.7 Å². The van der Waals surface area contributed by atoms with Crippen molar-refractivity contribution in [2.75, 3.05) is 0 Å². The maximum Gasteiger partial charge on any atom is 0.287 e. The summed E-state index contributed by atoms with van der Waals surface area (Å²) >= 11 is 0.865. The number of primary amides is 1. The fourth-order valence-electron chi connectivity index (χ4n) is 2.35. The first-order valence-corrected chi connectivity index (χ1v) is 8.29. The Kier molecular flexibility index (Phi) is 5.13. The van der Waals surface area contributed by atoms with Gasteiger partial charge in [-0.3, -0.25) is 19.4 Å². The molecule has 26 heavy (non-hydrogen) atoms. The number of aromatic amines is 1. The van der Waals surface area contributed by atoms with Gasteiger partial charge < -0.3 is 16.0 Å². The van der Waals surface area contributed by atoms with Crippen LogP contribution in [0.1, 0.15) is 16.2 Å². The molecular formula is C16H14N6O3S. The standard InChI is InChI=1S/C16H14N6O3S/c17-15(24)14(23)11(7-10-4-2-6-19-10)20-16(25)13-12(21-26-22-13)9-3-1-5-18-8-9/h1-6,8,11,19H,7H2,(H2,17,24)(H,20,25). The SMILES string of the molecule is NC(=O)C(=O)C(Cc1ccc[nH]1)NC(=O)c1nsnc1-c1cccnc1. The molecule has 1 unspecified atom stereocenters. The van der Waals surface area contributed by atoms with Gasteiger partial charge >= 0.3 is 0 Å². The second kappa shape index (κ2) is 7.66. The van der Waals surface area contributed by atoms with Crippen LogP contribution in [0.5, 0.6) is 0 Å². The second-order valence-electron chi connectivity index (χ2n) is 5.36. The van der Waals surface area contributed by atoms with Crippen LogP contribution in [0.25, 0.3) is 11.3 Å². The highest BCUT2D eigenvalue weighted by Gasteiger charge is 2.28. The number of rotatable bonds is 7. The van der Waals surface area contributed by atoms with Crippen LogP contribution in [0.4, 0.5) is 0 Å². The molecule has 2 amide bonds. The molecule has 3 aromatic heterocycles. The lowest BCUT2D eigenvalue weighted by Crippen LogP contribution is -2.47. The molecule has 9 nitrogen and oxygen atoms in total. The van der Waals surface area contributed by atoms with E-state index in [1.54, 1.807) is 42.9 Å². The summed E-state index contributed by atoms with van der Waals surface area (Å²) in [5.74, 6) is -2.63. The predicted molar refractivity (Wildman–Crippen MR) is 93.1 cm³/mol. The van der Waals surface area contributed by atoms with Crippen molar-refractivity contribution in [1.82, 2.24) is 24.0 Å². The number of nitrogens with zero attached hydrogens (tertiary/aromatic N) is 3. The summed E-state index contributed by atoms with van der Waals surface area (Å²) in [7, 11) is 0. The molecule has 0 saturated heterocycles. The quantitative estimate of drug-likeness (QED) is 0.511. The first-order valence-electron chi connectivity index (χ1n) is 7.56. The molecule has 0 aromatic carbocycles. The lowest BCUT2D eigenvalue weighted by molar-refractivity contribution is -0.137. The lowest BCUT2D eigenvalue weighted by Gasteiger charge is -2.15. The van der Waals surface area contributed by atoms with Gasteiger partial charge in [0.1, 0.15) is 11.7 Å². The molecule has 0 bridgehead atoms. The number of H-pyrrole nitrogens is 1. The maximum absolute atomic E-state index is 12.6. The van der Waals surface area contributed by atoms with Crippen LogP contribution >= 0.6 is 11.7 Å². The number of nitrogens with two attached hydrogens (primary N) is 1. The summed E-state index contributed by atoms with van der Waals surface area (Å²) in [6.07, 6.45) is 4.92. The van der Waals surface area contributed by atoms with Crippen LogP contribution in [0.15, 0.2) is 42.9 Å². The average molecular weight is 370 g/mol. The third-order valence-electron chi connectivity index (χ3n) is 3.59. The minimum absolute atomic E-state index is 0.0526. The Morgan fingerprint density at radius 1 is 1.23 bits per heavy atom. The molecule has 3 aromatic rings. The fourth-order valence-corrected chi connectivity index (χ4v) is 2.92. The van der Waals surface area contributed by atoms with Crippen LogP contribution in [0, 0.1) is 0 Å². The van der Waals surface area contributed by atoms with Gasteiger partial charge in [-0.2, -0.15) is 8.75 Å². The van der Waals surface area contributed by atoms with E-state index in [-0.39, 0.29) is 12.1 Å². The van der Waals surface area contributed by atoms with E-state index in [0.29, 0.717) is 17.0 Å². The Hall–Kier alpha value is -3.40. The molecule has 0 aliphatic heterocycles. The molecule has 3 rings (SSSR count). The highest BCUT2D eigenvalue weighted by atomic mass is 32.1. The Bertz CT molecular complexity index is 923. The summed E-state index contributed by atoms with van der Waals surface area (Å²) in [5, 5.41) is 2.52. The molecule has 0 fully saturated rings. The number of aromatic nitrogens is 4. The van der Waals surface area contributed by atoms with Crippen LogP contribution in [-0.4, -0.2) is 42.4 Å². The number of ketones is 1. The largest absolute Gasteiger partial charge is 0.365 e. The number of carbonyl (C=O) groups excluding carboxylic acids is 3. The lowest BCUT2D eigenvalue weighted by atomic mass is 10.1. The van der Waals surface area contributed by atoms with E-state index in [1.807, 2.05) is 0 Å². The topological polar surface area (TPSA) is 144 Å². The number of pyridine rings is 1. The average Bonchev–Trinajstić information content (AvgIpc) is 3.32. The van der Waals surface area contributed by atoms with Crippen molar-refractivity contribution in [3.8, 4) is 11.3 Å². The van der Waals surface area contributed by atoms with Crippen molar-refractivity contribution < 1.29 is 14.4 Å². The van der Waals surface area contributed by atoms with Crippen molar-refractivity contribution in [3.05, 3.63) is 54.2 Å². The van der Waals surface area contributed by atoms with Crippen molar-refractivity contribution >= 4 is 29.3 Å². The van der Waals surface area contributed by atoms with Gasteiger partial charge in [-0.15, -0.1) is 0 Å². The molecule has 1 atom stereocenters. The number of amides is 2. The van der Waals surface area contributed by atoms with E-state index in [2.05, 4.69) is 24.0 Å². The zero-order valence-corrected chi connectivity index (χ0v) is 14.2. The van der Waals surface area contributed by atoms with Gasteiger partial charge in [-0.05, 0) is 24.3 Å². The summed E-state index contributed by atoms with van der Waals surface area (Å²) in [6.45, 7) is 0. The van der Waals surface area contributed by atoms with Gasteiger partial charge in [0.25, 0.3) is 11.8 Å². The van der Waals surface area contributed by atoms with Crippen molar-refractivity contribution in [3.63, 3.8) is 0 Å². The summed E-state index contributed by atoms with van der Waals surface area (Å²) in [4.78, 5) is 42.9. The first-order chi connectivity index (χ1) is 12.6. The summed E-state index contributed by atoms with van der Waals surface area (Å²) < 4.78 is 8.12. The zero-order chi connectivity index (χ0) is 18.5. The van der Waals surface area contributed by atoms with Crippen LogP contribution in [-0.2, 0) is 16.0 Å². The Labute approximate surface area is 152 Å². The second-order valence-corrected chi connectivity index (χ2v) is 5.89. The van der Waals surface area contributed by atoms with Crippen molar-refractivity contribution in [1.29, 1.82) is 0 Å². The Morgan fingerprint density at radius 3 is 2.73 bits per heavy atom. The molecule has 132 valence electrons. The zero-order valence-electron chi connectivity index (χ0n) is 13.4. The van der Waals surface area contributed by atoms with Gasteiger partial charge in [0.2, 0.25) is 5.78 Å². The van der Waals surface area contributed by atoms with Crippen molar-refractivity contribution in [2.45, 2.75) is 12.5 Å². The summed E-state index contributed by atoms with van der Waals surface area (Å²) in [6, 6.07) is 5.82. The summed E-state index contributed by atoms with van der Waals surface area (Å²) in [5.41, 5.74) is 6.80. The predicted octanol–water partition coefficient (Wildman–Crippen LogP) is 0.324. The highest BCUT2D eigenvalue weighted by Crippen LogP contribution is 2.20. The highest BCUT2D eigenvalue weighted by molar-refractivity contribution is 6.99. The third-order valence-corrected chi connectivity index (χ3v) is 4.12. The van der Waals surface area contributed by atoms with Crippen LogP contribution in [0.2, 0.25) is 0 Å². The normalized spacial score (nSPS) is 11.7. The van der Waals surface area contributed by atoms with Crippen LogP contribution < -0.4 is 11.1 Å². The van der Waals surface area contributed by atoms with Gasteiger partial charge in [0.05, 0.1) is 11.7 Å². The number of hydrogen-bond donors (Lipinski definition) is 3. The number of Topliss-reactive ketones (excluding diaryl/α,β-unsaturated/α-hetero) is 1. The molecule has 3 heterocycles. The van der Waals surface area contributed by atoms with Crippen LogP contribution in [0.3, 0.4) is 0 Å². The smallest absolute Gasteiger partial charge is 0.287 e. The third kappa shape index (κ3) is 3.81. The number of carbonyl (C=O) groups is 3. The molecule has 0 spiro atoms. The number of hydrogen-bond acceptors (Lipinski definition) is 7. The minimum Gasteiger partial charge on any atom is -0.365 e. The molecule has 10 heteroatoms. The van der Waals surface area contributed by atoms with Gasteiger partial charge in [-0.25, -0.2) is 0 Å². The molecule has 0 aliphatic rings. The molecular weight excluding hydrogens is 356 g/mol. The maximum atomic E-state index is 12.6. The van der Waals surface area contributed by atoms with Gasteiger partial charge in [0.15, 0.2) is 5.69 Å². The molecule has 4 N–H and O–H groups in total. The number of nitrogens with one attached hydrogen (secondary N) is 2. The molecule has 0 aliphatic carbocycles. The van der Waals surface area contributed by atoms with Crippen molar-refractivity contribution in [2.24, 2.45) is 5.73 Å². The molecule has 0 saturated carbocycles. The minimum atomic E-state index is -1.12. The Balaban J connectivity index is 1.83. The Morgan fingerprint density at radius 2 is 2.08 bits per heavy atom. The first kappa shape index (κ1) is 17.4. The van der Waals surface area contributed by atoms with E-state index in [4.69, 9.17) is 5.73 Å². The van der Waals surface area contributed by atoms with E-state index < -0.39 is 23.6 Å². The van der Waals surface area contributed by atoms with Gasteiger partial charge in [-0.1, -0.05) is 0 Å². The van der Waals surface area contributed by atoms with Gasteiger partial charge in [0, 0.05) is 36.3 Å². The van der Waals surface area contributed by atoms with E-state index >= 15 is 0 Å². The van der Waals surface area contributed by atoms with E-state index in [9.17, 15) is 14.4 Å². The fraction of sp³-hybridized carbons (Fsp3) is 0.125. The monoisotopic (exact) mass is 370 g/mol.